The molecule has 210 valence electrons. The number of aromatic carboxylic acids is 1. The number of pyridine rings is 1. The maximum absolute atomic E-state index is 14.1. The van der Waals surface area contributed by atoms with Crippen LogP contribution in [0.3, 0.4) is 0 Å². The molecule has 2 heterocycles. The number of rotatable bonds is 9. The van der Waals surface area contributed by atoms with Gasteiger partial charge in [0.05, 0.1) is 27.2 Å². The molecule has 0 spiro atoms. The number of oxime groups is 1. The summed E-state index contributed by atoms with van der Waals surface area (Å²) in [5.41, 5.74) is 0.491. The van der Waals surface area contributed by atoms with E-state index in [1.807, 2.05) is 0 Å². The second-order valence-corrected chi connectivity index (χ2v) is 10.6. The summed E-state index contributed by atoms with van der Waals surface area (Å²) in [5.74, 6) is -1.42. The number of hydrogen-bond acceptors (Lipinski definition) is 6. The molecule has 1 N–H and O–H groups in total. The first-order valence-electron chi connectivity index (χ1n) is 12.5. The molecule has 1 aromatic heterocycles. The van der Waals surface area contributed by atoms with E-state index in [1.165, 1.54) is 36.2 Å². The third-order valence-corrected chi connectivity index (χ3v) is 7.52. The highest BCUT2D eigenvalue weighted by Gasteiger charge is 2.46. The van der Waals surface area contributed by atoms with Crippen molar-refractivity contribution in [3.63, 3.8) is 0 Å². The van der Waals surface area contributed by atoms with Gasteiger partial charge in [0.25, 0.3) is 0 Å². The quantitative estimate of drug-likeness (QED) is 0.289. The standard InChI is InChI=1S/C28H24Cl2F3N3O4/c1-36(13-15-5-7-17(8-6-15)27(37)38)21-11-12-22(34-26(21)28(31,32)33)39-14-18-24(35-40-25(18)16-9-10-16)23-19(29)3-2-4-20(23)30/h2-8,11-12,16,18,25H,9-10,13-14H2,1H3,(H,37,38). The molecule has 1 aliphatic heterocycles. The maximum atomic E-state index is 14.1. The van der Waals surface area contributed by atoms with Gasteiger partial charge in [-0.15, -0.1) is 0 Å². The third kappa shape index (κ3) is 5.97. The highest BCUT2D eigenvalue weighted by molar-refractivity contribution is 6.40. The molecule has 2 unspecified atom stereocenters. The van der Waals surface area contributed by atoms with Crippen LogP contribution in [0.5, 0.6) is 5.88 Å². The van der Waals surface area contributed by atoms with Gasteiger partial charge in [0, 0.05) is 25.2 Å². The average Bonchev–Trinajstić information content (AvgIpc) is 3.67. The van der Waals surface area contributed by atoms with Crippen LogP contribution in [-0.4, -0.2) is 41.5 Å². The molecule has 0 bridgehead atoms. The van der Waals surface area contributed by atoms with Crippen LogP contribution in [0.15, 0.2) is 59.8 Å². The number of carbonyl (C=O) groups is 1. The average molecular weight is 594 g/mol. The molecule has 3 aromatic rings. The Balaban J connectivity index is 1.36. The number of nitrogens with zero attached hydrogens (tertiary/aromatic N) is 3. The summed E-state index contributed by atoms with van der Waals surface area (Å²) < 4.78 is 48.1. The Morgan fingerprint density at radius 2 is 1.77 bits per heavy atom. The lowest BCUT2D eigenvalue weighted by atomic mass is 9.90. The number of hydrogen-bond donors (Lipinski definition) is 1. The van der Waals surface area contributed by atoms with E-state index in [0.717, 1.165) is 12.8 Å². The molecule has 2 aliphatic rings. The highest BCUT2D eigenvalue weighted by atomic mass is 35.5. The molecule has 2 aromatic carbocycles. The van der Waals surface area contributed by atoms with Crippen molar-refractivity contribution < 1.29 is 32.6 Å². The lowest BCUT2D eigenvalue weighted by molar-refractivity contribution is -0.140. The summed E-state index contributed by atoms with van der Waals surface area (Å²) in [6, 6.07) is 13.7. The van der Waals surface area contributed by atoms with Crippen LogP contribution in [0.2, 0.25) is 10.0 Å². The van der Waals surface area contributed by atoms with Gasteiger partial charge in [-0.3, -0.25) is 0 Å². The molecule has 0 radical (unpaired) electrons. The van der Waals surface area contributed by atoms with Gasteiger partial charge < -0.3 is 19.6 Å². The lowest BCUT2D eigenvalue weighted by Gasteiger charge is -2.24. The van der Waals surface area contributed by atoms with Crippen LogP contribution in [-0.2, 0) is 17.6 Å². The molecule has 2 atom stereocenters. The Labute approximate surface area is 238 Å². The fourth-order valence-corrected chi connectivity index (χ4v) is 5.31. The van der Waals surface area contributed by atoms with Gasteiger partial charge in [0.2, 0.25) is 5.88 Å². The van der Waals surface area contributed by atoms with Gasteiger partial charge in [-0.1, -0.05) is 46.6 Å². The molecule has 0 amide bonds. The van der Waals surface area contributed by atoms with Crippen molar-refractivity contribution in [1.29, 1.82) is 0 Å². The van der Waals surface area contributed by atoms with Crippen LogP contribution in [0, 0.1) is 11.8 Å². The van der Waals surface area contributed by atoms with Gasteiger partial charge in [-0.05, 0) is 54.7 Å². The molecule has 12 heteroatoms. The van der Waals surface area contributed by atoms with Crippen molar-refractivity contribution in [2.45, 2.75) is 31.7 Å². The van der Waals surface area contributed by atoms with Gasteiger partial charge in [0.15, 0.2) is 5.69 Å². The zero-order chi connectivity index (χ0) is 28.6. The zero-order valence-electron chi connectivity index (χ0n) is 21.2. The fourth-order valence-electron chi connectivity index (χ4n) is 4.72. The topological polar surface area (TPSA) is 84.3 Å². The van der Waals surface area contributed by atoms with E-state index in [0.29, 0.717) is 26.9 Å². The molecule has 1 saturated carbocycles. The molecule has 1 aliphatic carbocycles. The molecule has 0 saturated heterocycles. The van der Waals surface area contributed by atoms with E-state index in [9.17, 15) is 18.0 Å². The van der Waals surface area contributed by atoms with E-state index < -0.39 is 23.8 Å². The smallest absolute Gasteiger partial charge is 0.435 e. The van der Waals surface area contributed by atoms with E-state index in [1.54, 1.807) is 30.3 Å². The lowest BCUT2D eigenvalue weighted by Crippen LogP contribution is -2.32. The Bertz CT molecular complexity index is 1430. The Kier molecular flexibility index (Phi) is 7.83. The van der Waals surface area contributed by atoms with E-state index >= 15 is 0 Å². The van der Waals surface area contributed by atoms with Crippen LogP contribution in [0.4, 0.5) is 18.9 Å². The zero-order valence-corrected chi connectivity index (χ0v) is 22.7. The SMILES string of the molecule is CN(Cc1ccc(C(=O)O)cc1)c1ccc(OCC2C(c3c(Cl)cccc3Cl)=NOC2C2CC2)nc1C(F)(F)F. The summed E-state index contributed by atoms with van der Waals surface area (Å²) in [5, 5.41) is 14.1. The van der Waals surface area contributed by atoms with Crippen molar-refractivity contribution >= 4 is 40.6 Å². The second kappa shape index (κ2) is 11.2. The molecular formula is C28H24Cl2F3N3O4. The summed E-state index contributed by atoms with van der Waals surface area (Å²) in [6.07, 6.45) is -3.14. The number of alkyl halides is 3. The van der Waals surface area contributed by atoms with E-state index in [2.05, 4.69) is 10.1 Å². The number of anilines is 1. The van der Waals surface area contributed by atoms with E-state index in [-0.39, 0.29) is 42.3 Å². The first-order valence-corrected chi connectivity index (χ1v) is 13.2. The maximum Gasteiger partial charge on any atom is 0.435 e. The molecule has 7 nitrogen and oxygen atoms in total. The summed E-state index contributed by atoms with van der Waals surface area (Å²) in [6.45, 7) is 0.0721. The predicted molar refractivity (Wildman–Crippen MR) is 144 cm³/mol. The summed E-state index contributed by atoms with van der Waals surface area (Å²) in [4.78, 5) is 22.0. The van der Waals surface area contributed by atoms with Crippen molar-refractivity contribution in [1.82, 2.24) is 4.98 Å². The largest absolute Gasteiger partial charge is 0.478 e. The highest BCUT2D eigenvalue weighted by Crippen LogP contribution is 2.43. The second-order valence-electron chi connectivity index (χ2n) is 9.77. The van der Waals surface area contributed by atoms with Gasteiger partial charge >= 0.3 is 12.1 Å². The van der Waals surface area contributed by atoms with Crippen molar-refractivity contribution in [3.05, 3.63) is 87.0 Å². The van der Waals surface area contributed by atoms with Crippen LogP contribution in [0.1, 0.15) is 40.0 Å². The van der Waals surface area contributed by atoms with E-state index in [4.69, 9.17) is 37.9 Å². The van der Waals surface area contributed by atoms with Crippen LogP contribution >= 0.6 is 23.2 Å². The van der Waals surface area contributed by atoms with Crippen LogP contribution < -0.4 is 9.64 Å². The minimum absolute atomic E-state index is 0.0308. The number of carboxylic acid groups (broad SMARTS) is 1. The molecule has 1 fully saturated rings. The minimum atomic E-state index is -4.75. The number of benzene rings is 2. The molecule has 40 heavy (non-hydrogen) atoms. The number of carboxylic acids is 1. The normalized spacial score (nSPS) is 18.7. The van der Waals surface area contributed by atoms with Crippen LogP contribution in [0.25, 0.3) is 0 Å². The Morgan fingerprint density at radius 3 is 2.38 bits per heavy atom. The number of ether oxygens (including phenoxy) is 1. The summed E-state index contributed by atoms with van der Waals surface area (Å²) >= 11 is 12.8. The van der Waals surface area contributed by atoms with Gasteiger partial charge in [-0.2, -0.15) is 13.2 Å². The number of aromatic nitrogens is 1. The third-order valence-electron chi connectivity index (χ3n) is 6.89. The first kappa shape index (κ1) is 28.0. The van der Waals surface area contributed by atoms with Crippen molar-refractivity contribution in [2.75, 3.05) is 18.6 Å². The Hall–Kier alpha value is -3.50. The summed E-state index contributed by atoms with van der Waals surface area (Å²) in [7, 11) is 1.50. The molecule has 5 rings (SSSR count). The molecular weight excluding hydrogens is 570 g/mol. The fraction of sp³-hybridized carbons (Fsp3) is 0.321. The first-order chi connectivity index (χ1) is 19.0. The van der Waals surface area contributed by atoms with Crippen molar-refractivity contribution in [3.8, 4) is 5.88 Å². The monoisotopic (exact) mass is 593 g/mol. The Morgan fingerprint density at radius 1 is 1.10 bits per heavy atom. The van der Waals surface area contributed by atoms with Crippen molar-refractivity contribution in [2.24, 2.45) is 17.0 Å². The predicted octanol–water partition coefficient (Wildman–Crippen LogP) is 6.95. The minimum Gasteiger partial charge on any atom is -0.478 e. The number of halogens is 5. The van der Waals surface area contributed by atoms with Gasteiger partial charge in [0.1, 0.15) is 18.4 Å². The van der Waals surface area contributed by atoms with Gasteiger partial charge in [-0.25, -0.2) is 9.78 Å².